The molecule has 0 aromatic heterocycles. The minimum Gasteiger partial charge on any atom is -0.497 e. The maximum Gasteiger partial charge on any atom is 0.139 e. The van der Waals surface area contributed by atoms with E-state index in [-0.39, 0.29) is 0 Å². The minimum absolute atomic E-state index is 0.951. The Morgan fingerprint density at radius 3 is 2.73 bits per heavy atom. The summed E-state index contributed by atoms with van der Waals surface area (Å²) >= 11 is 0. The Hall–Kier alpha value is -0.850. The molecule has 0 aliphatic carbocycles. The first kappa shape index (κ1) is 8.25. The van der Waals surface area contributed by atoms with Gasteiger partial charge in [0.25, 0.3) is 0 Å². The summed E-state index contributed by atoms with van der Waals surface area (Å²) in [4.78, 5) is 0. The molecular formula is C8H12B2O. The van der Waals surface area contributed by atoms with Gasteiger partial charge in [-0.3, -0.25) is 0 Å². The molecule has 56 valence electrons. The minimum atomic E-state index is 0.951. The second-order valence-electron chi connectivity index (χ2n) is 2.65. The van der Waals surface area contributed by atoms with Crippen LogP contribution in [0.5, 0.6) is 5.75 Å². The molecule has 1 aromatic rings. The molecule has 0 atom stereocenters. The van der Waals surface area contributed by atoms with Gasteiger partial charge in [0.1, 0.15) is 21.4 Å². The average molecular weight is 146 g/mol. The standard InChI is InChI=1S/C8H12B2O/c1-11-7-2-3-8(10)6(4-7)5-9/h2-4H,5,9-10H2,1H3. The predicted octanol–water partition coefficient (Wildman–Crippen LogP) is -0.913. The highest BCUT2D eigenvalue weighted by Gasteiger charge is 1.96. The molecule has 0 unspecified atom stereocenters. The van der Waals surface area contributed by atoms with Gasteiger partial charge in [0.2, 0.25) is 0 Å². The smallest absolute Gasteiger partial charge is 0.139 e. The molecule has 0 amide bonds. The summed E-state index contributed by atoms with van der Waals surface area (Å²) in [5, 5.41) is 0. The van der Waals surface area contributed by atoms with Crippen LogP contribution in [0.2, 0.25) is 0 Å². The predicted molar refractivity (Wildman–Crippen MR) is 53.4 cm³/mol. The lowest BCUT2D eigenvalue weighted by Gasteiger charge is -2.05. The lowest BCUT2D eigenvalue weighted by atomic mass is 9.84. The van der Waals surface area contributed by atoms with Crippen molar-refractivity contribution in [2.45, 2.75) is 6.32 Å². The van der Waals surface area contributed by atoms with E-state index >= 15 is 0 Å². The lowest BCUT2D eigenvalue weighted by molar-refractivity contribution is 0.414. The van der Waals surface area contributed by atoms with E-state index in [1.807, 2.05) is 6.07 Å². The second-order valence-corrected chi connectivity index (χ2v) is 2.65. The number of benzene rings is 1. The van der Waals surface area contributed by atoms with Crippen LogP contribution in [0, 0.1) is 0 Å². The zero-order chi connectivity index (χ0) is 8.27. The van der Waals surface area contributed by atoms with E-state index in [0.29, 0.717) is 0 Å². The SMILES string of the molecule is BCc1cc(OC)ccc1B. The first-order valence-electron chi connectivity index (χ1n) is 3.91. The van der Waals surface area contributed by atoms with Gasteiger partial charge in [0.05, 0.1) is 7.11 Å². The largest absolute Gasteiger partial charge is 0.497 e. The fourth-order valence-electron chi connectivity index (χ4n) is 1.16. The number of hydrogen-bond donors (Lipinski definition) is 0. The van der Waals surface area contributed by atoms with Crippen molar-refractivity contribution in [2.24, 2.45) is 0 Å². The quantitative estimate of drug-likeness (QED) is 0.490. The second kappa shape index (κ2) is 3.51. The topological polar surface area (TPSA) is 9.23 Å². The third kappa shape index (κ3) is 1.79. The van der Waals surface area contributed by atoms with Crippen molar-refractivity contribution < 1.29 is 4.74 Å². The van der Waals surface area contributed by atoms with Crippen LogP contribution in [0.1, 0.15) is 5.56 Å². The molecule has 0 fully saturated rings. The van der Waals surface area contributed by atoms with Crippen LogP contribution < -0.4 is 10.2 Å². The molecule has 0 saturated carbocycles. The summed E-state index contributed by atoms with van der Waals surface area (Å²) in [6.45, 7) is 0. The third-order valence-corrected chi connectivity index (χ3v) is 1.94. The number of methoxy groups -OCH3 is 1. The van der Waals surface area contributed by atoms with Crippen LogP contribution >= 0.6 is 0 Å². The maximum atomic E-state index is 5.11. The molecule has 0 spiro atoms. The lowest BCUT2D eigenvalue weighted by Crippen LogP contribution is -2.09. The highest BCUT2D eigenvalue weighted by atomic mass is 16.5. The Kier molecular flexibility index (Phi) is 2.64. The van der Waals surface area contributed by atoms with E-state index < -0.39 is 0 Å². The van der Waals surface area contributed by atoms with Crippen molar-refractivity contribution in [3.63, 3.8) is 0 Å². The van der Waals surface area contributed by atoms with Gasteiger partial charge >= 0.3 is 0 Å². The number of rotatable bonds is 2. The van der Waals surface area contributed by atoms with Crippen molar-refractivity contribution in [3.8, 4) is 5.75 Å². The molecule has 1 aromatic carbocycles. The van der Waals surface area contributed by atoms with E-state index in [1.165, 1.54) is 11.0 Å². The summed E-state index contributed by atoms with van der Waals surface area (Å²) in [6.07, 6.45) is 1.07. The van der Waals surface area contributed by atoms with Gasteiger partial charge in [-0.2, -0.15) is 0 Å². The summed E-state index contributed by atoms with van der Waals surface area (Å²) in [6, 6.07) is 6.18. The van der Waals surface area contributed by atoms with Crippen molar-refractivity contribution in [1.82, 2.24) is 0 Å². The molecule has 3 heteroatoms. The molecule has 0 heterocycles. The van der Waals surface area contributed by atoms with Gasteiger partial charge in [0, 0.05) is 0 Å². The van der Waals surface area contributed by atoms with Crippen LogP contribution in [0.4, 0.5) is 0 Å². The van der Waals surface area contributed by atoms with E-state index in [0.717, 1.165) is 12.1 Å². The third-order valence-electron chi connectivity index (χ3n) is 1.94. The van der Waals surface area contributed by atoms with Gasteiger partial charge in [0.15, 0.2) is 0 Å². The van der Waals surface area contributed by atoms with Crippen molar-refractivity contribution >= 4 is 21.2 Å². The molecular weight excluding hydrogens is 134 g/mol. The maximum absolute atomic E-state index is 5.11. The zero-order valence-corrected chi connectivity index (χ0v) is 7.35. The van der Waals surface area contributed by atoms with E-state index in [2.05, 4.69) is 27.8 Å². The van der Waals surface area contributed by atoms with Crippen LogP contribution in [0.15, 0.2) is 18.2 Å². The molecule has 0 N–H and O–H groups in total. The summed E-state index contributed by atoms with van der Waals surface area (Å²) in [5.74, 6) is 0.951. The number of ether oxygens (including phenoxy) is 1. The normalized spacial score (nSPS) is 9.55. The first-order chi connectivity index (χ1) is 5.27. The van der Waals surface area contributed by atoms with E-state index in [4.69, 9.17) is 4.74 Å². The summed E-state index contributed by atoms with van der Waals surface area (Å²) in [5.41, 5.74) is 2.71. The summed E-state index contributed by atoms with van der Waals surface area (Å²) < 4.78 is 5.11. The Balaban J connectivity index is 3.02. The Morgan fingerprint density at radius 2 is 2.18 bits per heavy atom. The van der Waals surface area contributed by atoms with Crippen LogP contribution in [-0.4, -0.2) is 22.8 Å². The van der Waals surface area contributed by atoms with Gasteiger partial charge in [-0.1, -0.05) is 23.4 Å². The molecule has 1 nitrogen and oxygen atoms in total. The van der Waals surface area contributed by atoms with Crippen molar-refractivity contribution in [2.75, 3.05) is 7.11 Å². The molecule has 11 heavy (non-hydrogen) atoms. The van der Waals surface area contributed by atoms with Crippen LogP contribution in [-0.2, 0) is 6.32 Å². The van der Waals surface area contributed by atoms with Crippen molar-refractivity contribution in [3.05, 3.63) is 23.8 Å². The highest BCUT2D eigenvalue weighted by molar-refractivity contribution is 6.34. The highest BCUT2D eigenvalue weighted by Crippen LogP contribution is 2.09. The van der Waals surface area contributed by atoms with Crippen molar-refractivity contribution in [1.29, 1.82) is 0 Å². The molecule has 0 radical (unpaired) electrons. The summed E-state index contributed by atoms with van der Waals surface area (Å²) in [7, 11) is 5.98. The molecule has 0 aliphatic rings. The fourth-order valence-corrected chi connectivity index (χ4v) is 1.16. The fraction of sp³-hybridized carbons (Fsp3) is 0.250. The first-order valence-corrected chi connectivity index (χ1v) is 3.91. The monoisotopic (exact) mass is 146 g/mol. The van der Waals surface area contributed by atoms with Gasteiger partial charge in [-0.05, 0) is 12.1 Å². The van der Waals surface area contributed by atoms with E-state index in [9.17, 15) is 0 Å². The van der Waals surface area contributed by atoms with Gasteiger partial charge < -0.3 is 4.74 Å². The molecule has 0 aliphatic heterocycles. The zero-order valence-electron chi connectivity index (χ0n) is 7.35. The van der Waals surface area contributed by atoms with Gasteiger partial charge in [-0.25, -0.2) is 0 Å². The molecule has 0 saturated heterocycles. The average Bonchev–Trinajstić information content (AvgIpc) is 2.05. The van der Waals surface area contributed by atoms with Gasteiger partial charge in [-0.15, -0.1) is 0 Å². The van der Waals surface area contributed by atoms with Crippen LogP contribution in [0.3, 0.4) is 0 Å². The number of hydrogen-bond acceptors (Lipinski definition) is 1. The molecule has 1 rings (SSSR count). The Morgan fingerprint density at radius 1 is 1.45 bits per heavy atom. The molecule has 0 bridgehead atoms. The Bertz CT molecular complexity index is 248. The Labute approximate surface area is 69.6 Å². The van der Waals surface area contributed by atoms with Crippen LogP contribution in [0.25, 0.3) is 0 Å². The van der Waals surface area contributed by atoms with E-state index in [1.54, 1.807) is 7.11 Å².